The first-order chi connectivity index (χ1) is 9.25. The van der Waals surface area contributed by atoms with Crippen LogP contribution in [0.3, 0.4) is 0 Å². The molecule has 2 aromatic heterocycles. The summed E-state index contributed by atoms with van der Waals surface area (Å²) in [6, 6.07) is 6.81. The van der Waals surface area contributed by atoms with E-state index in [1.165, 1.54) is 6.20 Å². The monoisotopic (exact) mass is 255 g/mol. The van der Waals surface area contributed by atoms with E-state index >= 15 is 0 Å². The SMILES string of the molecule is O=C(Nc1cn[nH]c1)c1n[nH]c(=O)c2ccccc12. The number of carbonyl (C=O) groups excluding carboxylic acids is 1. The number of aromatic nitrogens is 4. The van der Waals surface area contributed by atoms with Crippen LogP contribution in [0.2, 0.25) is 0 Å². The maximum atomic E-state index is 12.1. The quantitative estimate of drug-likeness (QED) is 0.632. The number of rotatable bonds is 2. The molecule has 7 heteroatoms. The minimum atomic E-state index is -0.408. The molecule has 0 aliphatic rings. The number of carbonyl (C=O) groups is 1. The standard InChI is InChI=1S/C12H9N5O2/c18-11-9-4-2-1-3-8(9)10(16-17-11)12(19)15-7-5-13-14-6-7/h1-6H,(H,13,14)(H,15,19)(H,17,18). The Labute approximate surface area is 106 Å². The summed E-state index contributed by atoms with van der Waals surface area (Å²) in [5.41, 5.74) is 0.369. The second kappa shape index (κ2) is 4.37. The molecule has 2 heterocycles. The highest BCUT2D eigenvalue weighted by Crippen LogP contribution is 2.13. The Bertz CT molecular complexity index is 791. The Morgan fingerprint density at radius 3 is 2.74 bits per heavy atom. The number of aromatic amines is 2. The van der Waals surface area contributed by atoms with Crippen molar-refractivity contribution in [2.45, 2.75) is 0 Å². The van der Waals surface area contributed by atoms with Crippen molar-refractivity contribution < 1.29 is 4.79 Å². The molecule has 0 atom stereocenters. The fraction of sp³-hybridized carbons (Fsp3) is 0. The van der Waals surface area contributed by atoms with E-state index in [1.54, 1.807) is 30.5 Å². The van der Waals surface area contributed by atoms with Crippen LogP contribution in [-0.2, 0) is 0 Å². The number of nitrogens with one attached hydrogen (secondary N) is 3. The van der Waals surface area contributed by atoms with Crippen molar-refractivity contribution in [1.29, 1.82) is 0 Å². The van der Waals surface area contributed by atoms with Crippen molar-refractivity contribution in [3.8, 4) is 0 Å². The van der Waals surface area contributed by atoms with Gasteiger partial charge in [-0.15, -0.1) is 0 Å². The van der Waals surface area contributed by atoms with Gasteiger partial charge in [0.1, 0.15) is 0 Å². The number of anilines is 1. The lowest BCUT2D eigenvalue weighted by Gasteiger charge is -2.04. The summed E-state index contributed by atoms with van der Waals surface area (Å²) in [5.74, 6) is -0.408. The Balaban J connectivity index is 2.08. The zero-order valence-electron chi connectivity index (χ0n) is 9.68. The van der Waals surface area contributed by atoms with Crippen LogP contribution < -0.4 is 10.9 Å². The Kier molecular flexibility index (Phi) is 2.57. The van der Waals surface area contributed by atoms with Gasteiger partial charge in [-0.25, -0.2) is 5.10 Å². The van der Waals surface area contributed by atoms with Gasteiger partial charge in [-0.3, -0.25) is 14.7 Å². The highest BCUT2D eigenvalue weighted by Gasteiger charge is 2.14. The van der Waals surface area contributed by atoms with Gasteiger partial charge in [0.15, 0.2) is 5.69 Å². The van der Waals surface area contributed by atoms with Gasteiger partial charge in [-0.05, 0) is 6.07 Å². The molecule has 0 fully saturated rings. The van der Waals surface area contributed by atoms with Crippen molar-refractivity contribution in [2.75, 3.05) is 5.32 Å². The molecule has 1 aromatic carbocycles. The van der Waals surface area contributed by atoms with E-state index in [-0.39, 0.29) is 11.3 Å². The smallest absolute Gasteiger partial charge is 0.276 e. The third-order valence-electron chi connectivity index (χ3n) is 2.67. The molecule has 3 N–H and O–H groups in total. The summed E-state index contributed by atoms with van der Waals surface area (Å²) in [7, 11) is 0. The third kappa shape index (κ3) is 1.97. The normalized spacial score (nSPS) is 10.5. The average Bonchev–Trinajstić information content (AvgIpc) is 2.92. The van der Waals surface area contributed by atoms with Crippen LogP contribution in [0.4, 0.5) is 5.69 Å². The van der Waals surface area contributed by atoms with Gasteiger partial charge in [0.2, 0.25) is 0 Å². The van der Waals surface area contributed by atoms with Gasteiger partial charge < -0.3 is 5.32 Å². The summed E-state index contributed by atoms with van der Waals surface area (Å²) < 4.78 is 0. The lowest BCUT2D eigenvalue weighted by atomic mass is 10.1. The zero-order chi connectivity index (χ0) is 13.2. The van der Waals surface area contributed by atoms with Crippen LogP contribution in [0.25, 0.3) is 10.8 Å². The van der Waals surface area contributed by atoms with E-state index in [1.807, 2.05) is 0 Å². The molecular formula is C12H9N5O2. The minimum absolute atomic E-state index is 0.163. The van der Waals surface area contributed by atoms with E-state index in [0.29, 0.717) is 16.5 Å². The number of nitrogens with zero attached hydrogens (tertiary/aromatic N) is 2. The van der Waals surface area contributed by atoms with Gasteiger partial charge in [0.05, 0.1) is 17.3 Å². The molecular weight excluding hydrogens is 246 g/mol. The van der Waals surface area contributed by atoms with Crippen molar-refractivity contribution in [3.63, 3.8) is 0 Å². The number of hydrogen-bond acceptors (Lipinski definition) is 4. The molecule has 0 aliphatic carbocycles. The molecule has 3 rings (SSSR count). The second-order valence-electron chi connectivity index (χ2n) is 3.89. The molecule has 0 bridgehead atoms. The maximum absolute atomic E-state index is 12.1. The van der Waals surface area contributed by atoms with Crippen LogP contribution in [0.15, 0.2) is 41.5 Å². The average molecular weight is 255 g/mol. The van der Waals surface area contributed by atoms with Crippen molar-refractivity contribution in [2.24, 2.45) is 0 Å². The van der Waals surface area contributed by atoms with Gasteiger partial charge in [0, 0.05) is 11.6 Å². The van der Waals surface area contributed by atoms with Crippen LogP contribution in [0.5, 0.6) is 0 Å². The first-order valence-electron chi connectivity index (χ1n) is 5.53. The summed E-state index contributed by atoms with van der Waals surface area (Å²) in [5, 5.41) is 16.0. The molecule has 0 spiro atoms. The van der Waals surface area contributed by atoms with Crippen molar-refractivity contribution in [3.05, 3.63) is 52.7 Å². The lowest BCUT2D eigenvalue weighted by Crippen LogP contribution is -2.19. The van der Waals surface area contributed by atoms with Crippen LogP contribution >= 0.6 is 0 Å². The number of benzene rings is 1. The van der Waals surface area contributed by atoms with E-state index < -0.39 is 5.91 Å². The largest absolute Gasteiger partial charge is 0.318 e. The molecule has 0 radical (unpaired) electrons. The zero-order valence-corrected chi connectivity index (χ0v) is 9.68. The third-order valence-corrected chi connectivity index (χ3v) is 2.67. The number of H-pyrrole nitrogens is 2. The predicted molar refractivity (Wildman–Crippen MR) is 68.9 cm³/mol. The van der Waals surface area contributed by atoms with Crippen LogP contribution in [0, 0.1) is 0 Å². The van der Waals surface area contributed by atoms with E-state index in [9.17, 15) is 9.59 Å². The Morgan fingerprint density at radius 1 is 1.21 bits per heavy atom. The molecule has 19 heavy (non-hydrogen) atoms. The maximum Gasteiger partial charge on any atom is 0.276 e. The highest BCUT2D eigenvalue weighted by atomic mass is 16.2. The highest BCUT2D eigenvalue weighted by molar-refractivity contribution is 6.10. The fourth-order valence-corrected chi connectivity index (χ4v) is 1.80. The van der Waals surface area contributed by atoms with Crippen molar-refractivity contribution >= 4 is 22.4 Å². The summed E-state index contributed by atoms with van der Waals surface area (Å²) in [6.07, 6.45) is 3.03. The van der Waals surface area contributed by atoms with E-state index in [0.717, 1.165) is 0 Å². The lowest BCUT2D eigenvalue weighted by molar-refractivity contribution is 0.102. The molecule has 7 nitrogen and oxygen atoms in total. The van der Waals surface area contributed by atoms with Gasteiger partial charge in [-0.2, -0.15) is 10.2 Å². The molecule has 94 valence electrons. The predicted octanol–water partition coefficient (Wildman–Crippen LogP) is 0.898. The van der Waals surface area contributed by atoms with Crippen molar-refractivity contribution in [1.82, 2.24) is 20.4 Å². The molecule has 1 amide bonds. The molecule has 0 saturated carbocycles. The van der Waals surface area contributed by atoms with Gasteiger partial charge in [-0.1, -0.05) is 18.2 Å². The molecule has 0 aliphatic heterocycles. The second-order valence-corrected chi connectivity index (χ2v) is 3.89. The van der Waals surface area contributed by atoms with Crippen LogP contribution in [0.1, 0.15) is 10.5 Å². The number of fused-ring (bicyclic) bond motifs is 1. The first-order valence-corrected chi connectivity index (χ1v) is 5.53. The molecule has 0 saturated heterocycles. The molecule has 0 unspecified atom stereocenters. The topological polar surface area (TPSA) is 104 Å². The summed E-state index contributed by atoms with van der Waals surface area (Å²) >= 11 is 0. The summed E-state index contributed by atoms with van der Waals surface area (Å²) in [6.45, 7) is 0. The first kappa shape index (κ1) is 11.1. The number of amides is 1. The van der Waals surface area contributed by atoms with Gasteiger partial charge in [0.25, 0.3) is 11.5 Å². The Hall–Kier alpha value is -2.96. The number of hydrogen-bond donors (Lipinski definition) is 3. The fourth-order valence-electron chi connectivity index (χ4n) is 1.80. The Morgan fingerprint density at radius 2 is 2.00 bits per heavy atom. The van der Waals surface area contributed by atoms with Gasteiger partial charge >= 0.3 is 0 Å². The summed E-state index contributed by atoms with van der Waals surface area (Å²) in [4.78, 5) is 23.7. The molecule has 3 aromatic rings. The van der Waals surface area contributed by atoms with Crippen LogP contribution in [-0.4, -0.2) is 26.3 Å². The minimum Gasteiger partial charge on any atom is -0.318 e. The van der Waals surface area contributed by atoms with E-state index in [4.69, 9.17) is 0 Å². The van der Waals surface area contributed by atoms with E-state index in [2.05, 4.69) is 25.7 Å².